The van der Waals surface area contributed by atoms with Crippen LogP contribution in [-0.4, -0.2) is 45.7 Å². The van der Waals surface area contributed by atoms with Gasteiger partial charge in [0.1, 0.15) is 0 Å². The molecule has 1 aliphatic rings. The number of likely N-dealkylation sites (tertiary alicyclic amines) is 1. The number of hydrogen-bond donors (Lipinski definition) is 2. The summed E-state index contributed by atoms with van der Waals surface area (Å²) in [6.07, 6.45) is 4.37. The largest absolute Gasteiger partial charge is 0.481 e. The number of amides is 1. The second kappa shape index (κ2) is 7.62. The van der Waals surface area contributed by atoms with Crippen molar-refractivity contribution in [2.24, 2.45) is 5.92 Å². The molecule has 0 saturated carbocycles. The maximum atomic E-state index is 12.3. The lowest BCUT2D eigenvalue weighted by atomic mass is 9.88. The van der Waals surface area contributed by atoms with Crippen molar-refractivity contribution in [3.05, 3.63) is 0 Å². The van der Waals surface area contributed by atoms with Crippen molar-refractivity contribution in [2.45, 2.75) is 64.4 Å². The molecule has 116 valence electrons. The Labute approximate surface area is 121 Å². The van der Waals surface area contributed by atoms with Crippen LogP contribution in [0.5, 0.6) is 0 Å². The van der Waals surface area contributed by atoms with Crippen molar-refractivity contribution in [1.29, 1.82) is 0 Å². The second-order valence-electron chi connectivity index (χ2n) is 5.92. The van der Waals surface area contributed by atoms with Crippen molar-refractivity contribution in [1.82, 2.24) is 4.90 Å². The molecule has 0 unspecified atom stereocenters. The topological polar surface area (TPSA) is 77.8 Å². The number of nitrogens with zero attached hydrogens (tertiary/aromatic N) is 1. The Morgan fingerprint density at radius 3 is 2.35 bits per heavy atom. The Balaban J connectivity index is 2.61. The molecule has 1 fully saturated rings. The van der Waals surface area contributed by atoms with Gasteiger partial charge in [-0.2, -0.15) is 0 Å². The van der Waals surface area contributed by atoms with Gasteiger partial charge in [-0.3, -0.25) is 9.59 Å². The SMILES string of the molecule is CCCC(O)(CCC)CC(=O)N1CCC[C@H](C(=O)O)C1. The van der Waals surface area contributed by atoms with E-state index in [2.05, 4.69) is 0 Å². The molecule has 0 aromatic heterocycles. The van der Waals surface area contributed by atoms with Crippen LogP contribution >= 0.6 is 0 Å². The lowest BCUT2D eigenvalue weighted by molar-refractivity contribution is -0.147. The molecule has 1 amide bonds. The van der Waals surface area contributed by atoms with Gasteiger partial charge in [0.25, 0.3) is 0 Å². The predicted molar refractivity (Wildman–Crippen MR) is 76.3 cm³/mol. The van der Waals surface area contributed by atoms with Gasteiger partial charge in [-0.05, 0) is 25.7 Å². The average molecular weight is 285 g/mol. The van der Waals surface area contributed by atoms with E-state index in [9.17, 15) is 14.7 Å². The monoisotopic (exact) mass is 285 g/mol. The summed E-state index contributed by atoms with van der Waals surface area (Å²) in [5, 5.41) is 19.6. The van der Waals surface area contributed by atoms with Crippen LogP contribution in [0.3, 0.4) is 0 Å². The lowest BCUT2D eigenvalue weighted by Crippen LogP contribution is -2.45. The van der Waals surface area contributed by atoms with Crippen molar-refractivity contribution in [3.8, 4) is 0 Å². The van der Waals surface area contributed by atoms with Crippen LogP contribution in [0.15, 0.2) is 0 Å². The number of piperidine rings is 1. The highest BCUT2D eigenvalue weighted by atomic mass is 16.4. The van der Waals surface area contributed by atoms with E-state index in [1.165, 1.54) is 0 Å². The quantitative estimate of drug-likeness (QED) is 0.750. The Morgan fingerprint density at radius 1 is 1.25 bits per heavy atom. The molecule has 2 N–H and O–H groups in total. The number of carboxylic acid groups (broad SMARTS) is 1. The van der Waals surface area contributed by atoms with E-state index in [1.807, 2.05) is 13.8 Å². The highest BCUT2D eigenvalue weighted by Crippen LogP contribution is 2.26. The van der Waals surface area contributed by atoms with Gasteiger partial charge >= 0.3 is 5.97 Å². The van der Waals surface area contributed by atoms with E-state index in [0.717, 1.165) is 19.3 Å². The molecule has 0 radical (unpaired) electrons. The molecule has 1 atom stereocenters. The summed E-state index contributed by atoms with van der Waals surface area (Å²) in [6, 6.07) is 0. The third-order valence-electron chi connectivity index (χ3n) is 4.03. The molecule has 20 heavy (non-hydrogen) atoms. The Kier molecular flexibility index (Phi) is 6.46. The van der Waals surface area contributed by atoms with Gasteiger partial charge < -0.3 is 15.1 Å². The van der Waals surface area contributed by atoms with Crippen LogP contribution in [-0.2, 0) is 9.59 Å². The maximum Gasteiger partial charge on any atom is 0.308 e. The Bertz CT molecular complexity index is 337. The van der Waals surface area contributed by atoms with E-state index in [-0.39, 0.29) is 18.9 Å². The first-order valence-corrected chi connectivity index (χ1v) is 7.65. The number of hydrogen-bond acceptors (Lipinski definition) is 3. The molecular formula is C15H27NO4. The van der Waals surface area contributed by atoms with Crippen molar-refractivity contribution >= 4 is 11.9 Å². The zero-order chi connectivity index (χ0) is 15.2. The molecule has 1 saturated heterocycles. The molecule has 1 heterocycles. The highest BCUT2D eigenvalue weighted by Gasteiger charge is 2.33. The summed E-state index contributed by atoms with van der Waals surface area (Å²) in [4.78, 5) is 24.9. The maximum absolute atomic E-state index is 12.3. The smallest absolute Gasteiger partial charge is 0.308 e. The van der Waals surface area contributed by atoms with Gasteiger partial charge in [0, 0.05) is 13.1 Å². The van der Waals surface area contributed by atoms with Crippen LogP contribution in [0.4, 0.5) is 0 Å². The van der Waals surface area contributed by atoms with Crippen LogP contribution in [0.2, 0.25) is 0 Å². The number of carbonyl (C=O) groups is 2. The molecule has 1 aliphatic heterocycles. The fourth-order valence-electron chi connectivity index (χ4n) is 3.03. The zero-order valence-corrected chi connectivity index (χ0v) is 12.6. The molecular weight excluding hydrogens is 258 g/mol. The Hall–Kier alpha value is -1.10. The molecule has 1 rings (SSSR count). The van der Waals surface area contributed by atoms with E-state index in [4.69, 9.17) is 5.11 Å². The van der Waals surface area contributed by atoms with E-state index < -0.39 is 17.5 Å². The minimum atomic E-state index is -0.934. The predicted octanol–water partition coefficient (Wildman–Crippen LogP) is 2.03. The van der Waals surface area contributed by atoms with Crippen molar-refractivity contribution in [3.63, 3.8) is 0 Å². The number of carbonyl (C=O) groups excluding carboxylic acids is 1. The molecule has 0 aromatic carbocycles. The lowest BCUT2D eigenvalue weighted by Gasteiger charge is -2.34. The van der Waals surface area contributed by atoms with Gasteiger partial charge in [0.05, 0.1) is 17.9 Å². The molecule has 0 spiro atoms. The van der Waals surface area contributed by atoms with Crippen LogP contribution in [0.1, 0.15) is 58.8 Å². The first kappa shape index (κ1) is 17.0. The van der Waals surface area contributed by atoms with Gasteiger partial charge in [0.2, 0.25) is 5.91 Å². The van der Waals surface area contributed by atoms with E-state index in [1.54, 1.807) is 4.90 Å². The summed E-state index contributed by atoms with van der Waals surface area (Å²) < 4.78 is 0. The fourth-order valence-corrected chi connectivity index (χ4v) is 3.03. The molecule has 5 nitrogen and oxygen atoms in total. The number of rotatable bonds is 7. The van der Waals surface area contributed by atoms with Gasteiger partial charge in [-0.1, -0.05) is 26.7 Å². The van der Waals surface area contributed by atoms with Gasteiger partial charge in [-0.25, -0.2) is 0 Å². The summed E-state index contributed by atoms with van der Waals surface area (Å²) in [5.41, 5.74) is -0.934. The minimum absolute atomic E-state index is 0.111. The van der Waals surface area contributed by atoms with Crippen molar-refractivity contribution in [2.75, 3.05) is 13.1 Å². The summed E-state index contributed by atoms with van der Waals surface area (Å²) in [7, 11) is 0. The van der Waals surface area contributed by atoms with Crippen LogP contribution in [0.25, 0.3) is 0 Å². The zero-order valence-electron chi connectivity index (χ0n) is 12.6. The first-order chi connectivity index (χ1) is 9.41. The third kappa shape index (κ3) is 4.78. The Morgan fingerprint density at radius 2 is 1.85 bits per heavy atom. The van der Waals surface area contributed by atoms with Gasteiger partial charge in [0.15, 0.2) is 0 Å². The van der Waals surface area contributed by atoms with Crippen LogP contribution < -0.4 is 0 Å². The highest BCUT2D eigenvalue weighted by molar-refractivity contribution is 5.78. The minimum Gasteiger partial charge on any atom is -0.481 e. The number of carboxylic acids is 1. The van der Waals surface area contributed by atoms with E-state index >= 15 is 0 Å². The normalized spacial score (nSPS) is 19.9. The third-order valence-corrected chi connectivity index (χ3v) is 4.03. The van der Waals surface area contributed by atoms with Crippen LogP contribution in [0, 0.1) is 5.92 Å². The summed E-state index contributed by atoms with van der Waals surface area (Å²) >= 11 is 0. The number of aliphatic hydroxyl groups is 1. The van der Waals surface area contributed by atoms with Gasteiger partial charge in [-0.15, -0.1) is 0 Å². The molecule has 5 heteroatoms. The molecule has 0 bridgehead atoms. The fraction of sp³-hybridized carbons (Fsp3) is 0.867. The number of aliphatic carboxylic acids is 1. The summed E-state index contributed by atoms with van der Waals surface area (Å²) in [5.74, 6) is -1.40. The first-order valence-electron chi connectivity index (χ1n) is 7.65. The molecule has 0 aliphatic carbocycles. The van der Waals surface area contributed by atoms with Crippen molar-refractivity contribution < 1.29 is 19.8 Å². The average Bonchev–Trinajstić information content (AvgIpc) is 2.39. The summed E-state index contributed by atoms with van der Waals surface area (Å²) in [6.45, 7) is 4.87. The standard InChI is InChI=1S/C15H27NO4/c1-3-7-15(20,8-4-2)10-13(17)16-9-5-6-12(11-16)14(18)19/h12,20H,3-11H2,1-2H3,(H,18,19)/t12-/m0/s1. The van der Waals surface area contributed by atoms with E-state index in [0.29, 0.717) is 25.8 Å². The molecule has 0 aromatic rings. The second-order valence-corrected chi connectivity index (χ2v) is 5.92.